The number of hydrogen-bond donors (Lipinski definition) is 1. The molecule has 1 amide bonds. The van der Waals surface area contributed by atoms with E-state index in [2.05, 4.69) is 4.18 Å². The molecular weight excluding hydrogens is 444 g/mol. The van der Waals surface area contributed by atoms with Crippen molar-refractivity contribution in [1.29, 1.82) is 0 Å². The van der Waals surface area contributed by atoms with Crippen LogP contribution in [0, 0.1) is 0 Å². The maximum Gasteiger partial charge on any atom is 0.344 e. The lowest BCUT2D eigenvalue weighted by molar-refractivity contribution is -0.148. The number of nitrogens with zero attached hydrogens (tertiary/aromatic N) is 1. The van der Waals surface area contributed by atoms with Crippen LogP contribution in [0.25, 0.3) is 0 Å². The van der Waals surface area contributed by atoms with Crippen molar-refractivity contribution in [2.24, 2.45) is 5.73 Å². The van der Waals surface area contributed by atoms with Gasteiger partial charge < -0.3 is 29.4 Å². The maximum absolute atomic E-state index is 12.4. The predicted octanol–water partition coefficient (Wildman–Crippen LogP) is 0.655. The van der Waals surface area contributed by atoms with E-state index < -0.39 is 49.1 Å². The predicted molar refractivity (Wildman–Crippen MR) is 111 cm³/mol. The zero-order valence-electron chi connectivity index (χ0n) is 17.1. The average molecular weight is 465 g/mol. The third kappa shape index (κ3) is 7.98. The van der Waals surface area contributed by atoms with E-state index in [4.69, 9.17) is 19.9 Å². The van der Waals surface area contributed by atoms with E-state index in [1.807, 2.05) is 6.07 Å². The summed E-state index contributed by atoms with van der Waals surface area (Å²) in [6, 6.07) is 13.0. The van der Waals surface area contributed by atoms with Crippen LogP contribution in [0.3, 0.4) is 0 Å². The van der Waals surface area contributed by atoms with Crippen molar-refractivity contribution in [3.63, 3.8) is 0 Å². The standard InChI is InChI=1S/C20H22N2O9S/c1-28-17-8-7-15(9-16(17)22(10-18(21)23)13-31-32(26)27)20(25)30-12-19(24)29-11-14-5-3-2-4-6-14/h2-9H,10-13H2,1H3,(H2,21,23)(H,26,27)/p-1. The normalized spacial score (nSPS) is 11.3. The van der Waals surface area contributed by atoms with Crippen LogP contribution in [-0.2, 0) is 41.2 Å². The lowest BCUT2D eigenvalue weighted by atomic mass is 10.1. The third-order valence-electron chi connectivity index (χ3n) is 3.97. The number of carbonyl (C=O) groups is 3. The van der Waals surface area contributed by atoms with Gasteiger partial charge in [0.25, 0.3) is 0 Å². The van der Waals surface area contributed by atoms with E-state index in [0.717, 1.165) is 10.5 Å². The molecule has 1 unspecified atom stereocenters. The number of benzene rings is 2. The summed E-state index contributed by atoms with van der Waals surface area (Å²) in [5, 5.41) is 0. The fourth-order valence-corrected chi connectivity index (χ4v) is 2.76. The minimum Gasteiger partial charge on any atom is -0.750 e. The summed E-state index contributed by atoms with van der Waals surface area (Å²) < 4.78 is 41.2. The van der Waals surface area contributed by atoms with Crippen LogP contribution >= 0.6 is 0 Å². The molecule has 0 fully saturated rings. The van der Waals surface area contributed by atoms with Gasteiger partial charge in [-0.25, -0.2) is 13.8 Å². The summed E-state index contributed by atoms with van der Waals surface area (Å²) in [5.74, 6) is -2.15. The number of ether oxygens (including phenoxy) is 3. The largest absolute Gasteiger partial charge is 0.750 e. The van der Waals surface area contributed by atoms with Crippen LogP contribution in [0.1, 0.15) is 15.9 Å². The summed E-state index contributed by atoms with van der Waals surface area (Å²) >= 11 is -2.85. The molecule has 0 heterocycles. The Hall–Kier alpha value is -3.48. The molecule has 2 aromatic rings. The van der Waals surface area contributed by atoms with Gasteiger partial charge in [-0.15, -0.1) is 0 Å². The van der Waals surface area contributed by atoms with Gasteiger partial charge in [0.15, 0.2) is 6.61 Å². The quantitative estimate of drug-likeness (QED) is 0.268. The molecule has 2 aromatic carbocycles. The minimum atomic E-state index is -2.85. The molecule has 0 aromatic heterocycles. The molecule has 12 heteroatoms. The molecule has 11 nitrogen and oxygen atoms in total. The van der Waals surface area contributed by atoms with E-state index in [-0.39, 0.29) is 23.6 Å². The van der Waals surface area contributed by atoms with Crippen LogP contribution in [0.2, 0.25) is 0 Å². The van der Waals surface area contributed by atoms with Crippen LogP contribution in [-0.4, -0.2) is 53.6 Å². The molecule has 0 aliphatic carbocycles. The van der Waals surface area contributed by atoms with Crippen molar-refractivity contribution in [3.05, 3.63) is 59.7 Å². The van der Waals surface area contributed by atoms with Gasteiger partial charge >= 0.3 is 11.9 Å². The first-order valence-electron chi connectivity index (χ1n) is 9.10. The Morgan fingerprint density at radius 1 is 1.09 bits per heavy atom. The van der Waals surface area contributed by atoms with Crippen molar-refractivity contribution >= 4 is 34.9 Å². The second kappa shape index (κ2) is 12.4. The van der Waals surface area contributed by atoms with Gasteiger partial charge in [-0.05, 0) is 23.8 Å². The Morgan fingerprint density at radius 3 is 2.44 bits per heavy atom. The lowest BCUT2D eigenvalue weighted by Crippen LogP contribution is -2.36. The van der Waals surface area contributed by atoms with E-state index in [0.29, 0.717) is 0 Å². The van der Waals surface area contributed by atoms with Crippen LogP contribution in [0.4, 0.5) is 5.69 Å². The van der Waals surface area contributed by atoms with Gasteiger partial charge in [-0.3, -0.25) is 8.98 Å². The Balaban J connectivity index is 2.06. The summed E-state index contributed by atoms with van der Waals surface area (Å²) in [6.07, 6.45) is 0. The number of nitrogens with two attached hydrogens (primary N) is 1. The topological polar surface area (TPSA) is 158 Å². The average Bonchev–Trinajstić information content (AvgIpc) is 2.78. The SMILES string of the molecule is COc1ccc(C(=O)OCC(=O)OCc2ccccc2)cc1N(COS(=O)[O-])CC(N)=O. The summed E-state index contributed by atoms with van der Waals surface area (Å²) in [7, 11) is 1.34. The number of esters is 2. The van der Waals surface area contributed by atoms with Gasteiger partial charge in [-0.1, -0.05) is 30.3 Å². The Morgan fingerprint density at radius 2 is 1.81 bits per heavy atom. The number of hydrogen-bond acceptors (Lipinski definition) is 10. The molecule has 0 saturated carbocycles. The minimum absolute atomic E-state index is 0.00868. The molecular formula is C20H21N2O9S-. The molecule has 0 aliphatic rings. The number of carbonyl (C=O) groups excluding carboxylic acids is 3. The number of amides is 1. The molecule has 0 saturated heterocycles. The Labute approximate surface area is 186 Å². The van der Waals surface area contributed by atoms with Crippen LogP contribution in [0.15, 0.2) is 48.5 Å². The second-order valence-electron chi connectivity index (χ2n) is 6.22. The molecule has 2 N–H and O–H groups in total. The molecule has 0 radical (unpaired) electrons. The van der Waals surface area contributed by atoms with Gasteiger partial charge in [0, 0.05) is 0 Å². The van der Waals surface area contributed by atoms with Gasteiger partial charge in [-0.2, -0.15) is 0 Å². The van der Waals surface area contributed by atoms with Crippen LogP contribution in [0.5, 0.6) is 5.75 Å². The zero-order valence-corrected chi connectivity index (χ0v) is 17.9. The number of methoxy groups -OCH3 is 1. The molecule has 0 bridgehead atoms. The molecule has 32 heavy (non-hydrogen) atoms. The summed E-state index contributed by atoms with van der Waals surface area (Å²) in [4.78, 5) is 36.7. The van der Waals surface area contributed by atoms with Gasteiger partial charge in [0.2, 0.25) is 5.91 Å². The molecule has 0 spiro atoms. The van der Waals surface area contributed by atoms with E-state index in [1.165, 1.54) is 25.3 Å². The molecule has 2 rings (SSSR count). The summed E-state index contributed by atoms with van der Waals surface area (Å²) in [6.45, 7) is -1.55. The van der Waals surface area contributed by atoms with Gasteiger partial charge in [0.1, 0.15) is 19.1 Å². The van der Waals surface area contributed by atoms with E-state index in [1.54, 1.807) is 24.3 Å². The van der Waals surface area contributed by atoms with E-state index in [9.17, 15) is 23.1 Å². The van der Waals surface area contributed by atoms with Crippen molar-refractivity contribution < 1.29 is 41.5 Å². The highest BCUT2D eigenvalue weighted by Gasteiger charge is 2.19. The maximum atomic E-state index is 12.4. The third-order valence-corrected chi connectivity index (χ3v) is 4.27. The first kappa shape index (κ1) is 24.8. The van der Waals surface area contributed by atoms with E-state index >= 15 is 0 Å². The number of rotatable bonds is 12. The smallest absolute Gasteiger partial charge is 0.344 e. The second-order valence-corrected chi connectivity index (χ2v) is 6.87. The molecule has 172 valence electrons. The monoisotopic (exact) mass is 465 g/mol. The highest BCUT2D eigenvalue weighted by atomic mass is 32.2. The zero-order chi connectivity index (χ0) is 23.5. The van der Waals surface area contributed by atoms with Crippen molar-refractivity contribution in [3.8, 4) is 5.75 Å². The summed E-state index contributed by atoms with van der Waals surface area (Å²) in [5.41, 5.74) is 6.14. The van der Waals surface area contributed by atoms with Gasteiger partial charge in [0.05, 0.1) is 36.3 Å². The number of anilines is 1. The molecule has 0 aliphatic heterocycles. The highest BCUT2D eigenvalue weighted by molar-refractivity contribution is 7.74. The first-order chi connectivity index (χ1) is 15.3. The Kier molecular flexibility index (Phi) is 9.60. The number of primary amides is 1. The van der Waals surface area contributed by atoms with Crippen molar-refractivity contribution in [1.82, 2.24) is 0 Å². The first-order valence-corrected chi connectivity index (χ1v) is 10.1. The van der Waals surface area contributed by atoms with Crippen molar-refractivity contribution in [2.45, 2.75) is 6.61 Å². The Bertz CT molecular complexity index is 969. The highest BCUT2D eigenvalue weighted by Crippen LogP contribution is 2.29. The van der Waals surface area contributed by atoms with Crippen molar-refractivity contribution in [2.75, 3.05) is 31.9 Å². The molecule has 1 atom stereocenters. The van der Waals surface area contributed by atoms with Crippen LogP contribution < -0.4 is 15.4 Å². The lowest BCUT2D eigenvalue weighted by Gasteiger charge is -2.25. The fourth-order valence-electron chi connectivity index (χ4n) is 2.55. The fraction of sp³-hybridized carbons (Fsp3) is 0.250.